The summed E-state index contributed by atoms with van der Waals surface area (Å²) < 4.78 is 13.1. The second kappa shape index (κ2) is 11.6. The molecule has 0 unspecified atom stereocenters. The molecule has 0 fully saturated rings. The van der Waals surface area contributed by atoms with Gasteiger partial charge in [0.05, 0.1) is 12.1 Å². The van der Waals surface area contributed by atoms with Crippen LogP contribution in [-0.2, 0) is 6.42 Å². The summed E-state index contributed by atoms with van der Waals surface area (Å²) in [7, 11) is 0. The van der Waals surface area contributed by atoms with Crippen LogP contribution in [0.2, 0.25) is 0 Å². The summed E-state index contributed by atoms with van der Waals surface area (Å²) in [6.45, 7) is 9.71. The van der Waals surface area contributed by atoms with Crippen molar-refractivity contribution < 1.29 is 9.50 Å². The summed E-state index contributed by atoms with van der Waals surface area (Å²) in [5, 5.41) is 16.8. The molecular formula is C18H31FIN3O. The van der Waals surface area contributed by atoms with Gasteiger partial charge in [-0.25, -0.2) is 4.39 Å². The van der Waals surface area contributed by atoms with Gasteiger partial charge in [-0.2, -0.15) is 0 Å². The zero-order chi connectivity index (χ0) is 17.3. The van der Waals surface area contributed by atoms with E-state index in [1.54, 1.807) is 6.07 Å². The molecular weight excluding hydrogens is 420 g/mol. The Bertz CT molecular complexity index is 519. The zero-order valence-electron chi connectivity index (χ0n) is 15.2. The van der Waals surface area contributed by atoms with Gasteiger partial charge < -0.3 is 15.7 Å². The lowest BCUT2D eigenvalue weighted by atomic mass is 9.98. The molecule has 1 rings (SSSR count). The van der Waals surface area contributed by atoms with Gasteiger partial charge in [0, 0.05) is 13.1 Å². The third-order valence-corrected chi connectivity index (χ3v) is 4.18. The smallest absolute Gasteiger partial charge is 0.191 e. The number of nitrogens with zero attached hydrogens (tertiary/aromatic N) is 1. The van der Waals surface area contributed by atoms with E-state index in [1.165, 1.54) is 6.07 Å². The van der Waals surface area contributed by atoms with Crippen molar-refractivity contribution in [3.05, 3.63) is 35.1 Å². The minimum Gasteiger partial charge on any atom is -0.388 e. The Kier molecular flexibility index (Phi) is 11.2. The lowest BCUT2D eigenvalue weighted by molar-refractivity contribution is 0.0418. The highest BCUT2D eigenvalue weighted by Gasteiger charge is 2.21. The number of aliphatic hydroxyl groups is 1. The van der Waals surface area contributed by atoms with Crippen LogP contribution in [0.3, 0.4) is 0 Å². The summed E-state index contributed by atoms with van der Waals surface area (Å²) in [5.74, 6) is 0.500. The normalized spacial score (nSPS) is 11.8. The van der Waals surface area contributed by atoms with E-state index >= 15 is 0 Å². The van der Waals surface area contributed by atoms with Gasteiger partial charge in [-0.15, -0.1) is 24.0 Å². The van der Waals surface area contributed by atoms with Crippen molar-refractivity contribution in [3.63, 3.8) is 0 Å². The lowest BCUT2D eigenvalue weighted by Gasteiger charge is -2.23. The number of halogens is 2. The molecule has 0 aliphatic carbocycles. The number of hydrogen-bond acceptors (Lipinski definition) is 2. The summed E-state index contributed by atoms with van der Waals surface area (Å²) in [6, 6.07) is 4.87. The van der Waals surface area contributed by atoms with E-state index in [0.717, 1.165) is 24.1 Å². The van der Waals surface area contributed by atoms with Crippen LogP contribution in [0.25, 0.3) is 0 Å². The van der Waals surface area contributed by atoms with Gasteiger partial charge in [-0.05, 0) is 56.4 Å². The van der Waals surface area contributed by atoms with E-state index in [-0.39, 0.29) is 29.8 Å². The Morgan fingerprint density at radius 2 is 1.88 bits per heavy atom. The number of aryl methyl sites for hydroxylation is 1. The van der Waals surface area contributed by atoms with Crippen LogP contribution in [0.1, 0.15) is 44.7 Å². The number of guanidine groups is 1. The maximum Gasteiger partial charge on any atom is 0.191 e. The average Bonchev–Trinajstić information content (AvgIpc) is 2.54. The van der Waals surface area contributed by atoms with E-state index in [1.807, 2.05) is 33.8 Å². The van der Waals surface area contributed by atoms with Crippen molar-refractivity contribution in [2.24, 2.45) is 4.99 Å². The fourth-order valence-electron chi connectivity index (χ4n) is 2.30. The number of hydrogen-bond donors (Lipinski definition) is 3. The van der Waals surface area contributed by atoms with E-state index < -0.39 is 5.60 Å². The van der Waals surface area contributed by atoms with Gasteiger partial charge >= 0.3 is 0 Å². The van der Waals surface area contributed by atoms with Crippen molar-refractivity contribution >= 4 is 29.9 Å². The number of nitrogens with one attached hydrogen (secondary N) is 2. The molecule has 0 saturated carbocycles. The Morgan fingerprint density at radius 1 is 1.21 bits per heavy atom. The standard InChI is InChI=1S/C18H30FN3O.HI/c1-5-18(23,6-2)13-22-17(20-7-3)21-11-10-15-8-9-16(19)12-14(15)4;/h8-9,12,23H,5-7,10-11,13H2,1-4H3,(H2,20,21,22);1H. The molecule has 0 atom stereocenters. The SMILES string of the molecule is CCNC(=NCC(O)(CC)CC)NCCc1ccc(F)cc1C.I. The van der Waals surface area contributed by atoms with Crippen molar-refractivity contribution in [1.82, 2.24) is 10.6 Å². The maximum absolute atomic E-state index is 13.1. The Hall–Kier alpha value is -0.890. The van der Waals surface area contributed by atoms with Gasteiger partial charge in [-0.3, -0.25) is 4.99 Å². The maximum atomic E-state index is 13.1. The summed E-state index contributed by atoms with van der Waals surface area (Å²) in [4.78, 5) is 4.48. The van der Waals surface area contributed by atoms with Crippen LogP contribution in [0, 0.1) is 12.7 Å². The van der Waals surface area contributed by atoms with Crippen LogP contribution in [-0.4, -0.2) is 36.3 Å². The first-order valence-corrected chi connectivity index (χ1v) is 8.43. The molecule has 0 bridgehead atoms. The summed E-state index contributed by atoms with van der Waals surface area (Å²) >= 11 is 0. The second-order valence-corrected chi connectivity index (χ2v) is 5.87. The predicted molar refractivity (Wildman–Crippen MR) is 110 cm³/mol. The van der Waals surface area contributed by atoms with Crippen molar-refractivity contribution in [3.8, 4) is 0 Å². The molecule has 0 spiro atoms. The van der Waals surface area contributed by atoms with Crippen LogP contribution < -0.4 is 10.6 Å². The van der Waals surface area contributed by atoms with Gasteiger partial charge in [0.15, 0.2) is 5.96 Å². The highest BCUT2D eigenvalue weighted by molar-refractivity contribution is 14.0. The quantitative estimate of drug-likeness (QED) is 0.323. The minimum atomic E-state index is -0.740. The Morgan fingerprint density at radius 3 is 2.42 bits per heavy atom. The van der Waals surface area contributed by atoms with E-state index in [9.17, 15) is 9.50 Å². The molecule has 138 valence electrons. The van der Waals surface area contributed by atoms with Gasteiger partial charge in [-0.1, -0.05) is 19.9 Å². The zero-order valence-corrected chi connectivity index (χ0v) is 17.5. The average molecular weight is 451 g/mol. The van der Waals surface area contributed by atoms with Crippen molar-refractivity contribution in [1.29, 1.82) is 0 Å². The van der Waals surface area contributed by atoms with Gasteiger partial charge in [0.2, 0.25) is 0 Å². The Balaban J connectivity index is 0.00000529. The molecule has 24 heavy (non-hydrogen) atoms. The molecule has 0 radical (unpaired) electrons. The summed E-state index contributed by atoms with van der Waals surface area (Å²) in [6.07, 6.45) is 2.16. The fourth-order valence-corrected chi connectivity index (χ4v) is 2.30. The number of rotatable bonds is 8. The van der Waals surface area contributed by atoms with Crippen molar-refractivity contribution in [2.45, 2.75) is 52.6 Å². The van der Waals surface area contributed by atoms with E-state index in [2.05, 4.69) is 15.6 Å². The topological polar surface area (TPSA) is 56.7 Å². The Labute approximate surface area is 162 Å². The van der Waals surface area contributed by atoms with Crippen LogP contribution in [0.5, 0.6) is 0 Å². The van der Waals surface area contributed by atoms with E-state index in [0.29, 0.717) is 31.9 Å². The highest BCUT2D eigenvalue weighted by atomic mass is 127. The molecule has 6 heteroatoms. The molecule has 3 N–H and O–H groups in total. The molecule has 0 aliphatic rings. The molecule has 0 amide bonds. The van der Waals surface area contributed by atoms with Gasteiger partial charge in [0.1, 0.15) is 5.82 Å². The largest absolute Gasteiger partial charge is 0.388 e. The number of benzene rings is 1. The predicted octanol–water partition coefficient (Wildman–Crippen LogP) is 3.40. The molecule has 0 aromatic heterocycles. The first-order chi connectivity index (χ1) is 10.9. The fraction of sp³-hybridized carbons (Fsp3) is 0.611. The third-order valence-electron chi connectivity index (χ3n) is 4.18. The first kappa shape index (κ1) is 23.1. The number of aliphatic imine (C=N–C) groups is 1. The van der Waals surface area contributed by atoms with Crippen molar-refractivity contribution in [2.75, 3.05) is 19.6 Å². The molecule has 1 aromatic carbocycles. The van der Waals surface area contributed by atoms with Crippen LogP contribution in [0.4, 0.5) is 4.39 Å². The van der Waals surface area contributed by atoms with E-state index in [4.69, 9.17) is 0 Å². The molecule has 0 heterocycles. The molecule has 0 saturated heterocycles. The highest BCUT2D eigenvalue weighted by Crippen LogP contribution is 2.14. The monoisotopic (exact) mass is 451 g/mol. The van der Waals surface area contributed by atoms with Crippen LogP contribution >= 0.6 is 24.0 Å². The first-order valence-electron chi connectivity index (χ1n) is 8.43. The molecule has 1 aromatic rings. The summed E-state index contributed by atoms with van der Waals surface area (Å²) in [5.41, 5.74) is 1.34. The second-order valence-electron chi connectivity index (χ2n) is 5.87. The van der Waals surface area contributed by atoms with Crippen LogP contribution in [0.15, 0.2) is 23.2 Å². The molecule has 4 nitrogen and oxygen atoms in total. The molecule has 0 aliphatic heterocycles. The third kappa shape index (κ3) is 7.79. The lowest BCUT2D eigenvalue weighted by Crippen LogP contribution is -2.40. The van der Waals surface area contributed by atoms with Gasteiger partial charge in [0.25, 0.3) is 0 Å². The minimum absolute atomic E-state index is 0.